The first kappa shape index (κ1) is 20.9. The minimum absolute atomic E-state index is 0.0240. The molecule has 31 heavy (non-hydrogen) atoms. The quantitative estimate of drug-likeness (QED) is 0.139. The van der Waals surface area contributed by atoms with Crippen LogP contribution in [0.4, 0.5) is 0 Å². The van der Waals surface area contributed by atoms with Crippen molar-refractivity contribution in [2.75, 3.05) is 5.75 Å². The van der Waals surface area contributed by atoms with Crippen LogP contribution in [0.3, 0.4) is 0 Å². The minimum Gasteiger partial charge on any atom is -0.504 e. The first-order valence-corrected chi connectivity index (χ1v) is 11.2. The van der Waals surface area contributed by atoms with E-state index in [-0.39, 0.29) is 40.7 Å². The number of carbonyl (C=O) groups is 1. The van der Waals surface area contributed by atoms with Gasteiger partial charge in [0.2, 0.25) is 0 Å². The molecule has 0 spiro atoms. The van der Waals surface area contributed by atoms with Crippen molar-refractivity contribution in [1.82, 2.24) is 9.55 Å². The Hall–Kier alpha value is -3.36. The van der Waals surface area contributed by atoms with Crippen LogP contribution < -0.4 is 5.56 Å². The fraction of sp³-hybridized carbons (Fsp3) is 0.0870. The van der Waals surface area contributed by atoms with Gasteiger partial charge in [-0.1, -0.05) is 48.2 Å². The zero-order valence-electron chi connectivity index (χ0n) is 16.3. The topological polar surface area (TPSA) is 92.4 Å². The Kier molecular flexibility index (Phi) is 5.92. The fourth-order valence-corrected chi connectivity index (χ4v) is 5.04. The highest BCUT2D eigenvalue weighted by Crippen LogP contribution is 2.32. The van der Waals surface area contributed by atoms with Gasteiger partial charge in [-0.25, -0.2) is 4.98 Å². The summed E-state index contributed by atoms with van der Waals surface area (Å²) in [5.41, 5.74) is 1.87. The molecule has 0 aliphatic carbocycles. The average Bonchev–Trinajstić information content (AvgIpc) is 3.21. The van der Waals surface area contributed by atoms with Gasteiger partial charge in [0, 0.05) is 23.1 Å². The first-order valence-electron chi connectivity index (χ1n) is 9.36. The average molecular weight is 451 g/mol. The predicted octanol–water partition coefficient (Wildman–Crippen LogP) is 4.70. The molecular weight excluding hydrogens is 432 g/mol. The van der Waals surface area contributed by atoms with Crippen molar-refractivity contribution in [1.29, 1.82) is 0 Å². The molecule has 0 radical (unpaired) electrons. The van der Waals surface area contributed by atoms with Crippen LogP contribution in [-0.2, 0) is 6.54 Å². The standard InChI is InChI=1S/C23H18N2O4S2/c1-2-10-25-22(29)20-16(14-6-4-3-5-7-14)12-30-21(20)24-23(25)31-13-19(28)15-8-9-17(26)18(27)11-15/h2-9,11-12,26-27H,1,10,13H2. The Bertz CT molecular complexity index is 1340. The monoisotopic (exact) mass is 450 g/mol. The molecule has 4 rings (SSSR count). The number of thioether (sulfide) groups is 1. The number of aromatic nitrogens is 2. The molecule has 2 aromatic heterocycles. The van der Waals surface area contributed by atoms with Gasteiger partial charge in [-0.2, -0.15) is 0 Å². The van der Waals surface area contributed by atoms with Crippen molar-refractivity contribution in [3.8, 4) is 22.6 Å². The number of allylic oxidation sites excluding steroid dienone is 1. The Balaban J connectivity index is 1.70. The minimum atomic E-state index is -0.356. The maximum absolute atomic E-state index is 13.3. The molecule has 0 aliphatic heterocycles. The van der Waals surface area contributed by atoms with E-state index in [1.54, 1.807) is 6.08 Å². The summed E-state index contributed by atoms with van der Waals surface area (Å²) in [7, 11) is 0. The van der Waals surface area contributed by atoms with Crippen molar-refractivity contribution >= 4 is 39.1 Å². The van der Waals surface area contributed by atoms with Gasteiger partial charge < -0.3 is 10.2 Å². The van der Waals surface area contributed by atoms with Crippen LogP contribution in [0.15, 0.2) is 76.5 Å². The number of phenols is 2. The fourth-order valence-electron chi connectivity index (χ4n) is 3.15. The number of rotatable bonds is 7. The number of aromatic hydroxyl groups is 2. The van der Waals surface area contributed by atoms with Crippen LogP contribution >= 0.6 is 23.1 Å². The summed E-state index contributed by atoms with van der Waals surface area (Å²) in [4.78, 5) is 31.1. The number of hydrogen-bond acceptors (Lipinski definition) is 7. The molecule has 0 saturated heterocycles. The van der Waals surface area contributed by atoms with Gasteiger partial charge in [0.25, 0.3) is 5.56 Å². The highest BCUT2D eigenvalue weighted by atomic mass is 32.2. The number of carbonyl (C=O) groups excluding carboxylic acids is 1. The summed E-state index contributed by atoms with van der Waals surface area (Å²) >= 11 is 2.54. The third-order valence-electron chi connectivity index (χ3n) is 4.68. The second-order valence-corrected chi connectivity index (χ2v) is 8.51. The smallest absolute Gasteiger partial charge is 0.263 e. The lowest BCUT2D eigenvalue weighted by atomic mass is 10.1. The van der Waals surface area contributed by atoms with Crippen molar-refractivity contribution < 1.29 is 15.0 Å². The van der Waals surface area contributed by atoms with Crippen molar-refractivity contribution in [2.24, 2.45) is 0 Å². The van der Waals surface area contributed by atoms with E-state index in [0.29, 0.717) is 15.4 Å². The van der Waals surface area contributed by atoms with Gasteiger partial charge >= 0.3 is 0 Å². The molecule has 8 heteroatoms. The number of nitrogens with zero attached hydrogens (tertiary/aromatic N) is 2. The summed E-state index contributed by atoms with van der Waals surface area (Å²) in [6.45, 7) is 4.00. The molecule has 0 amide bonds. The van der Waals surface area contributed by atoms with Crippen LogP contribution in [0, 0.1) is 0 Å². The number of ketones is 1. The molecule has 0 bridgehead atoms. The lowest BCUT2D eigenvalue weighted by molar-refractivity contribution is 0.102. The molecule has 6 nitrogen and oxygen atoms in total. The molecule has 0 saturated carbocycles. The molecule has 2 N–H and O–H groups in total. The maximum Gasteiger partial charge on any atom is 0.263 e. The van der Waals surface area contributed by atoms with Crippen LogP contribution in [0.2, 0.25) is 0 Å². The molecule has 2 aromatic carbocycles. The molecule has 0 aliphatic rings. The Morgan fingerprint density at radius 3 is 2.65 bits per heavy atom. The van der Waals surface area contributed by atoms with Crippen LogP contribution in [0.5, 0.6) is 11.5 Å². The molecule has 0 atom stereocenters. The third kappa shape index (κ3) is 4.12. The molecule has 156 valence electrons. The number of Topliss-reactive ketones (excluding diaryl/α,β-unsaturated/α-hetero) is 1. The summed E-state index contributed by atoms with van der Waals surface area (Å²) in [5, 5.41) is 21.9. The zero-order valence-corrected chi connectivity index (χ0v) is 17.9. The predicted molar refractivity (Wildman–Crippen MR) is 124 cm³/mol. The molecule has 2 heterocycles. The molecular formula is C23H18N2O4S2. The van der Waals surface area contributed by atoms with Gasteiger partial charge in [0.05, 0.1) is 11.1 Å². The zero-order chi connectivity index (χ0) is 22.0. The Labute approximate surface area is 186 Å². The van der Waals surface area contributed by atoms with Gasteiger partial charge in [0.15, 0.2) is 22.4 Å². The Morgan fingerprint density at radius 2 is 1.94 bits per heavy atom. The highest BCUT2D eigenvalue weighted by Gasteiger charge is 2.18. The van der Waals surface area contributed by atoms with Crippen molar-refractivity contribution in [3.63, 3.8) is 0 Å². The van der Waals surface area contributed by atoms with E-state index in [2.05, 4.69) is 11.6 Å². The first-order chi connectivity index (χ1) is 15.0. The number of phenolic OH excluding ortho intramolecular Hbond substituents is 2. The van der Waals surface area contributed by atoms with E-state index in [1.807, 2.05) is 35.7 Å². The number of thiophene rings is 1. The van der Waals surface area contributed by atoms with E-state index in [4.69, 9.17) is 0 Å². The summed E-state index contributed by atoms with van der Waals surface area (Å²) < 4.78 is 1.51. The van der Waals surface area contributed by atoms with E-state index in [1.165, 1.54) is 34.1 Å². The highest BCUT2D eigenvalue weighted by molar-refractivity contribution is 7.99. The number of hydrogen-bond donors (Lipinski definition) is 2. The van der Waals surface area contributed by atoms with Crippen LogP contribution in [-0.4, -0.2) is 31.3 Å². The molecule has 4 aromatic rings. The SMILES string of the molecule is C=CCn1c(SCC(=O)c2ccc(O)c(O)c2)nc2scc(-c3ccccc3)c2c1=O. The van der Waals surface area contributed by atoms with Gasteiger partial charge in [-0.15, -0.1) is 17.9 Å². The normalized spacial score (nSPS) is 11.0. The van der Waals surface area contributed by atoms with E-state index in [0.717, 1.165) is 22.9 Å². The lowest BCUT2D eigenvalue weighted by Gasteiger charge is -2.10. The van der Waals surface area contributed by atoms with Gasteiger partial charge in [0.1, 0.15) is 4.83 Å². The van der Waals surface area contributed by atoms with Crippen LogP contribution in [0.25, 0.3) is 21.3 Å². The van der Waals surface area contributed by atoms with Crippen molar-refractivity contribution in [2.45, 2.75) is 11.7 Å². The van der Waals surface area contributed by atoms with Gasteiger partial charge in [-0.05, 0) is 23.8 Å². The summed E-state index contributed by atoms with van der Waals surface area (Å²) in [6.07, 6.45) is 1.62. The van der Waals surface area contributed by atoms with Crippen molar-refractivity contribution in [3.05, 3.63) is 82.5 Å². The van der Waals surface area contributed by atoms with E-state index < -0.39 is 0 Å². The second-order valence-electron chi connectivity index (χ2n) is 6.71. The van der Waals surface area contributed by atoms with Crippen LogP contribution in [0.1, 0.15) is 10.4 Å². The van der Waals surface area contributed by atoms with E-state index >= 15 is 0 Å². The second kappa shape index (κ2) is 8.79. The summed E-state index contributed by atoms with van der Waals surface area (Å²) in [6, 6.07) is 13.6. The van der Waals surface area contributed by atoms with Gasteiger partial charge in [-0.3, -0.25) is 14.2 Å². The third-order valence-corrected chi connectivity index (χ3v) is 6.53. The number of benzene rings is 2. The lowest BCUT2D eigenvalue weighted by Crippen LogP contribution is -2.23. The molecule has 0 fully saturated rings. The largest absolute Gasteiger partial charge is 0.504 e. The number of fused-ring (bicyclic) bond motifs is 1. The van der Waals surface area contributed by atoms with E-state index in [9.17, 15) is 19.8 Å². The summed E-state index contributed by atoms with van der Waals surface area (Å²) in [5.74, 6) is -0.874. The maximum atomic E-state index is 13.3. The Morgan fingerprint density at radius 1 is 1.16 bits per heavy atom. The molecule has 0 unspecified atom stereocenters.